The lowest BCUT2D eigenvalue weighted by Gasteiger charge is -2.23. The third-order valence-electron chi connectivity index (χ3n) is 4.11. The molecule has 0 spiro atoms. The maximum absolute atomic E-state index is 11.9. The molecule has 1 aliphatic rings. The van der Waals surface area contributed by atoms with Crippen LogP contribution in [0.1, 0.15) is 33.1 Å². The third-order valence-corrected chi connectivity index (χ3v) is 4.11. The van der Waals surface area contributed by atoms with Gasteiger partial charge in [0.05, 0.1) is 0 Å². The van der Waals surface area contributed by atoms with Gasteiger partial charge in [-0.2, -0.15) is 0 Å². The second kappa shape index (κ2) is 6.80. The van der Waals surface area contributed by atoms with E-state index < -0.39 is 11.2 Å². The van der Waals surface area contributed by atoms with E-state index in [1.54, 1.807) is 0 Å². The van der Waals surface area contributed by atoms with Crippen molar-refractivity contribution in [3.8, 4) is 0 Å². The summed E-state index contributed by atoms with van der Waals surface area (Å²) < 4.78 is 1.41. The number of nitrogen functional groups attached to an aromatic ring is 1. The van der Waals surface area contributed by atoms with Crippen molar-refractivity contribution in [2.24, 2.45) is 0 Å². The molecule has 1 atom stereocenters. The van der Waals surface area contributed by atoms with Crippen LogP contribution in [0.3, 0.4) is 0 Å². The SMILES string of the molecule is CCCn1c(N)c(NCC2CCCN2CC)c(=O)[nH]c1=O. The number of nitrogens with zero attached hydrogens (tertiary/aromatic N) is 2. The van der Waals surface area contributed by atoms with E-state index in [-0.39, 0.29) is 5.82 Å². The van der Waals surface area contributed by atoms with Crippen molar-refractivity contribution in [3.63, 3.8) is 0 Å². The van der Waals surface area contributed by atoms with Crippen LogP contribution in [0.4, 0.5) is 11.5 Å². The molecule has 1 aromatic heterocycles. The molecule has 1 aromatic rings. The van der Waals surface area contributed by atoms with Gasteiger partial charge in [-0.1, -0.05) is 13.8 Å². The minimum Gasteiger partial charge on any atom is -0.383 e. The Balaban J connectivity index is 2.18. The molecule has 118 valence electrons. The van der Waals surface area contributed by atoms with E-state index in [9.17, 15) is 9.59 Å². The summed E-state index contributed by atoms with van der Waals surface area (Å²) in [5.74, 6) is 0.228. The molecule has 21 heavy (non-hydrogen) atoms. The van der Waals surface area contributed by atoms with Gasteiger partial charge in [-0.05, 0) is 32.4 Å². The maximum Gasteiger partial charge on any atom is 0.330 e. The number of aromatic amines is 1. The van der Waals surface area contributed by atoms with Crippen LogP contribution in [-0.2, 0) is 6.54 Å². The van der Waals surface area contributed by atoms with E-state index in [1.165, 1.54) is 11.0 Å². The van der Waals surface area contributed by atoms with Crippen LogP contribution in [-0.4, -0.2) is 40.1 Å². The Morgan fingerprint density at radius 1 is 1.38 bits per heavy atom. The van der Waals surface area contributed by atoms with Gasteiger partial charge >= 0.3 is 5.69 Å². The molecule has 7 heteroatoms. The molecule has 1 aliphatic heterocycles. The van der Waals surface area contributed by atoms with E-state index >= 15 is 0 Å². The fourth-order valence-electron chi connectivity index (χ4n) is 2.97. The number of anilines is 2. The number of hydrogen-bond donors (Lipinski definition) is 3. The van der Waals surface area contributed by atoms with Gasteiger partial charge in [-0.15, -0.1) is 0 Å². The van der Waals surface area contributed by atoms with E-state index in [0.717, 1.165) is 25.9 Å². The van der Waals surface area contributed by atoms with Crippen LogP contribution in [0.15, 0.2) is 9.59 Å². The third kappa shape index (κ3) is 3.29. The normalized spacial score (nSPS) is 19.0. The first-order valence-electron chi connectivity index (χ1n) is 7.69. The number of H-pyrrole nitrogens is 1. The predicted molar refractivity (Wildman–Crippen MR) is 84.8 cm³/mol. The first-order valence-corrected chi connectivity index (χ1v) is 7.69. The molecule has 0 radical (unpaired) electrons. The number of likely N-dealkylation sites (tertiary alicyclic amines) is 1. The molecule has 0 aliphatic carbocycles. The fraction of sp³-hybridized carbons (Fsp3) is 0.714. The molecule has 1 unspecified atom stereocenters. The van der Waals surface area contributed by atoms with Crippen molar-refractivity contribution in [1.82, 2.24) is 14.5 Å². The second-order valence-electron chi connectivity index (χ2n) is 5.48. The summed E-state index contributed by atoms with van der Waals surface area (Å²) in [6.45, 7) is 7.38. The Kier molecular flexibility index (Phi) is 5.06. The summed E-state index contributed by atoms with van der Waals surface area (Å²) in [6.07, 6.45) is 3.08. The van der Waals surface area contributed by atoms with Crippen molar-refractivity contribution in [2.75, 3.05) is 30.7 Å². The molecule has 0 amide bonds. The van der Waals surface area contributed by atoms with Crippen LogP contribution in [0, 0.1) is 0 Å². The van der Waals surface area contributed by atoms with Gasteiger partial charge in [0.15, 0.2) is 0 Å². The topological polar surface area (TPSA) is 96.2 Å². The van der Waals surface area contributed by atoms with Crippen LogP contribution >= 0.6 is 0 Å². The Bertz CT molecular complexity index is 592. The minimum absolute atomic E-state index is 0.228. The van der Waals surface area contributed by atoms with Gasteiger partial charge in [0.25, 0.3) is 5.56 Å². The molecule has 7 nitrogen and oxygen atoms in total. The van der Waals surface area contributed by atoms with Crippen molar-refractivity contribution in [3.05, 3.63) is 20.8 Å². The molecule has 2 heterocycles. The number of hydrogen-bond acceptors (Lipinski definition) is 5. The van der Waals surface area contributed by atoms with Crippen molar-refractivity contribution in [2.45, 2.75) is 45.7 Å². The van der Waals surface area contributed by atoms with Gasteiger partial charge in [-0.3, -0.25) is 19.2 Å². The quantitative estimate of drug-likeness (QED) is 0.707. The molecule has 1 saturated heterocycles. The Morgan fingerprint density at radius 2 is 2.14 bits per heavy atom. The lowest BCUT2D eigenvalue weighted by molar-refractivity contribution is 0.277. The van der Waals surface area contributed by atoms with Gasteiger partial charge in [0.2, 0.25) is 0 Å². The van der Waals surface area contributed by atoms with Crippen LogP contribution in [0.5, 0.6) is 0 Å². The van der Waals surface area contributed by atoms with E-state index in [0.29, 0.717) is 24.8 Å². The number of aromatic nitrogens is 2. The predicted octanol–water partition coefficient (Wildman–Crippen LogP) is 0.425. The van der Waals surface area contributed by atoms with Gasteiger partial charge < -0.3 is 11.1 Å². The maximum atomic E-state index is 11.9. The summed E-state index contributed by atoms with van der Waals surface area (Å²) in [5, 5.41) is 3.14. The lowest BCUT2D eigenvalue weighted by atomic mass is 10.2. The summed E-state index contributed by atoms with van der Waals surface area (Å²) in [6, 6.07) is 0.417. The van der Waals surface area contributed by atoms with Gasteiger partial charge in [0.1, 0.15) is 11.5 Å². The Hall–Kier alpha value is -1.76. The zero-order chi connectivity index (χ0) is 15.4. The van der Waals surface area contributed by atoms with E-state index in [4.69, 9.17) is 5.73 Å². The summed E-state index contributed by atoms with van der Waals surface area (Å²) in [4.78, 5) is 28.4. The van der Waals surface area contributed by atoms with Gasteiger partial charge in [0, 0.05) is 19.1 Å². The smallest absolute Gasteiger partial charge is 0.330 e. The molecular weight excluding hydrogens is 270 g/mol. The second-order valence-corrected chi connectivity index (χ2v) is 5.48. The first kappa shape index (κ1) is 15.6. The first-order chi connectivity index (χ1) is 10.1. The fourth-order valence-corrected chi connectivity index (χ4v) is 2.97. The average Bonchev–Trinajstić information content (AvgIpc) is 2.90. The lowest BCUT2D eigenvalue weighted by Crippen LogP contribution is -2.38. The number of nitrogens with one attached hydrogen (secondary N) is 2. The Labute approximate surface area is 124 Å². The van der Waals surface area contributed by atoms with Crippen molar-refractivity contribution < 1.29 is 0 Å². The Morgan fingerprint density at radius 3 is 2.81 bits per heavy atom. The van der Waals surface area contributed by atoms with E-state index in [2.05, 4.69) is 22.1 Å². The number of nitrogens with two attached hydrogens (primary N) is 1. The average molecular weight is 295 g/mol. The van der Waals surface area contributed by atoms with Crippen LogP contribution < -0.4 is 22.3 Å². The molecule has 0 bridgehead atoms. The monoisotopic (exact) mass is 295 g/mol. The molecule has 2 rings (SSSR count). The highest BCUT2D eigenvalue weighted by atomic mass is 16.2. The highest BCUT2D eigenvalue weighted by Gasteiger charge is 2.23. The number of likely N-dealkylation sites (N-methyl/N-ethyl adjacent to an activating group) is 1. The number of rotatable bonds is 6. The summed E-state index contributed by atoms with van der Waals surface area (Å²) in [5.41, 5.74) is 5.42. The molecule has 0 saturated carbocycles. The summed E-state index contributed by atoms with van der Waals surface area (Å²) in [7, 11) is 0. The highest BCUT2D eigenvalue weighted by molar-refractivity contribution is 5.60. The molecule has 1 fully saturated rings. The van der Waals surface area contributed by atoms with Crippen molar-refractivity contribution >= 4 is 11.5 Å². The standard InChI is InChI=1S/C14H25N5O2/c1-3-7-19-12(15)11(13(20)17-14(19)21)16-9-10-6-5-8-18(10)4-2/h10,16H,3-9,15H2,1-2H3,(H,17,20,21). The zero-order valence-corrected chi connectivity index (χ0v) is 12.8. The van der Waals surface area contributed by atoms with Gasteiger partial charge in [-0.25, -0.2) is 4.79 Å². The largest absolute Gasteiger partial charge is 0.383 e. The summed E-state index contributed by atoms with van der Waals surface area (Å²) >= 11 is 0. The van der Waals surface area contributed by atoms with Crippen LogP contribution in [0.25, 0.3) is 0 Å². The highest BCUT2D eigenvalue weighted by Crippen LogP contribution is 2.18. The van der Waals surface area contributed by atoms with Crippen molar-refractivity contribution in [1.29, 1.82) is 0 Å². The minimum atomic E-state index is -0.444. The van der Waals surface area contributed by atoms with Crippen LogP contribution in [0.2, 0.25) is 0 Å². The molecular formula is C14H25N5O2. The zero-order valence-electron chi connectivity index (χ0n) is 12.8. The molecule has 0 aromatic carbocycles. The molecule has 4 N–H and O–H groups in total. The van der Waals surface area contributed by atoms with E-state index in [1.807, 2.05) is 6.92 Å².